The van der Waals surface area contributed by atoms with Crippen molar-refractivity contribution >= 4 is 39.3 Å². The number of aromatic nitrogens is 3. The van der Waals surface area contributed by atoms with E-state index in [0.717, 1.165) is 12.1 Å². The average molecular weight is 457 g/mol. The molecule has 0 fully saturated rings. The first-order valence-corrected chi connectivity index (χ1v) is 9.17. The molecule has 140 valence electrons. The van der Waals surface area contributed by atoms with Gasteiger partial charge in [-0.05, 0) is 52.0 Å². The highest BCUT2D eigenvalue weighted by molar-refractivity contribution is 9.10. The van der Waals surface area contributed by atoms with Crippen LogP contribution in [0.1, 0.15) is 15.9 Å². The number of rotatable bonds is 4. The van der Waals surface area contributed by atoms with E-state index in [1.54, 1.807) is 36.0 Å². The van der Waals surface area contributed by atoms with Crippen molar-refractivity contribution in [1.29, 1.82) is 0 Å². The van der Waals surface area contributed by atoms with Crippen LogP contribution in [0.4, 0.5) is 18.9 Å². The second-order valence-electron chi connectivity index (χ2n) is 5.38. The molecule has 0 saturated carbocycles. The Morgan fingerprint density at radius 2 is 1.81 bits per heavy atom. The van der Waals surface area contributed by atoms with Gasteiger partial charge < -0.3 is 5.32 Å². The SMILES string of the molecule is Cn1nc(Br)nc1Sc1ccccc1NC(=O)c1ccccc1C(F)(F)F. The molecule has 2 aromatic carbocycles. The van der Waals surface area contributed by atoms with Crippen molar-refractivity contribution in [2.75, 3.05) is 5.32 Å². The van der Waals surface area contributed by atoms with Gasteiger partial charge >= 0.3 is 6.18 Å². The van der Waals surface area contributed by atoms with Crippen molar-refractivity contribution in [1.82, 2.24) is 14.8 Å². The van der Waals surface area contributed by atoms with Crippen LogP contribution in [-0.4, -0.2) is 20.7 Å². The fourth-order valence-electron chi connectivity index (χ4n) is 2.30. The van der Waals surface area contributed by atoms with Gasteiger partial charge in [0.05, 0.1) is 16.8 Å². The molecule has 1 amide bonds. The number of hydrogen-bond donors (Lipinski definition) is 1. The maximum absolute atomic E-state index is 13.2. The highest BCUT2D eigenvalue weighted by Gasteiger charge is 2.34. The standard InChI is InChI=1S/C17H12BrF3N4OS/c1-25-16(23-15(18)24-25)27-13-9-5-4-8-12(13)22-14(26)10-6-2-3-7-11(10)17(19,20)21/h2-9H,1H3,(H,22,26). The van der Waals surface area contributed by atoms with Crippen molar-refractivity contribution in [2.45, 2.75) is 16.2 Å². The van der Waals surface area contributed by atoms with Gasteiger partial charge in [-0.15, -0.1) is 5.10 Å². The minimum absolute atomic E-state index is 0.378. The number of halogens is 4. The molecular formula is C17H12BrF3N4OS. The number of amides is 1. The molecule has 0 bridgehead atoms. The molecule has 5 nitrogen and oxygen atoms in total. The van der Waals surface area contributed by atoms with E-state index in [-0.39, 0.29) is 0 Å². The summed E-state index contributed by atoms with van der Waals surface area (Å²) < 4.78 is 41.4. The summed E-state index contributed by atoms with van der Waals surface area (Å²) in [6.45, 7) is 0. The van der Waals surface area contributed by atoms with Gasteiger partial charge in [0, 0.05) is 11.9 Å². The fourth-order valence-corrected chi connectivity index (χ4v) is 3.70. The van der Waals surface area contributed by atoms with Gasteiger partial charge in [0.2, 0.25) is 4.73 Å². The molecule has 3 aromatic rings. The predicted octanol–water partition coefficient (Wildman–Crippen LogP) is 5.00. The molecule has 0 aliphatic rings. The molecule has 10 heteroatoms. The van der Waals surface area contributed by atoms with Gasteiger partial charge in [-0.1, -0.05) is 24.3 Å². The van der Waals surface area contributed by atoms with E-state index < -0.39 is 23.2 Å². The van der Waals surface area contributed by atoms with E-state index in [9.17, 15) is 18.0 Å². The van der Waals surface area contributed by atoms with Gasteiger partial charge in [0.15, 0.2) is 5.16 Å². The number of carbonyl (C=O) groups excluding carboxylic acids is 1. The van der Waals surface area contributed by atoms with Gasteiger partial charge in [-0.2, -0.15) is 18.2 Å². The molecule has 0 saturated heterocycles. The number of para-hydroxylation sites is 1. The van der Waals surface area contributed by atoms with Crippen molar-refractivity contribution in [3.8, 4) is 0 Å². The molecule has 0 aliphatic carbocycles. The zero-order valence-electron chi connectivity index (χ0n) is 13.8. The van der Waals surface area contributed by atoms with Crippen LogP contribution in [0.3, 0.4) is 0 Å². The molecule has 27 heavy (non-hydrogen) atoms. The summed E-state index contributed by atoms with van der Waals surface area (Å²) in [5.74, 6) is -0.838. The van der Waals surface area contributed by atoms with E-state index in [4.69, 9.17) is 0 Å². The molecule has 0 aliphatic heterocycles. The van der Waals surface area contributed by atoms with Crippen LogP contribution in [0.2, 0.25) is 0 Å². The third kappa shape index (κ3) is 4.51. The van der Waals surface area contributed by atoms with Crippen molar-refractivity contribution in [3.63, 3.8) is 0 Å². The first-order chi connectivity index (χ1) is 12.8. The summed E-state index contributed by atoms with van der Waals surface area (Å²) in [5, 5.41) is 7.18. The highest BCUT2D eigenvalue weighted by Crippen LogP contribution is 2.35. The predicted molar refractivity (Wildman–Crippen MR) is 98.7 cm³/mol. The molecule has 0 spiro atoms. The zero-order chi connectivity index (χ0) is 19.6. The number of nitrogens with zero attached hydrogens (tertiary/aromatic N) is 3. The lowest BCUT2D eigenvalue weighted by Gasteiger charge is -2.14. The molecule has 1 aromatic heterocycles. The third-order valence-corrected chi connectivity index (χ3v) is 4.96. The number of aryl methyl sites for hydroxylation is 1. The van der Waals surface area contributed by atoms with Crippen molar-refractivity contribution in [3.05, 3.63) is 64.4 Å². The number of nitrogens with one attached hydrogen (secondary N) is 1. The van der Waals surface area contributed by atoms with E-state index in [2.05, 4.69) is 31.3 Å². The molecule has 0 atom stereocenters. The normalized spacial score (nSPS) is 11.4. The zero-order valence-corrected chi connectivity index (χ0v) is 16.2. The Kier molecular flexibility index (Phi) is 5.56. The van der Waals surface area contributed by atoms with Crippen LogP contribution in [0.5, 0.6) is 0 Å². The summed E-state index contributed by atoms with van der Waals surface area (Å²) in [5.41, 5.74) is -1.04. The lowest BCUT2D eigenvalue weighted by molar-refractivity contribution is -0.137. The lowest BCUT2D eigenvalue weighted by Crippen LogP contribution is -2.18. The molecule has 1 heterocycles. The molecule has 1 N–H and O–H groups in total. The topological polar surface area (TPSA) is 59.8 Å². The average Bonchev–Trinajstić information content (AvgIpc) is 2.93. The van der Waals surface area contributed by atoms with Crippen LogP contribution in [0.15, 0.2) is 63.3 Å². The van der Waals surface area contributed by atoms with E-state index in [1.807, 2.05) is 0 Å². The van der Waals surface area contributed by atoms with Gasteiger partial charge in [-0.25, -0.2) is 4.68 Å². The van der Waals surface area contributed by atoms with Crippen molar-refractivity contribution < 1.29 is 18.0 Å². The van der Waals surface area contributed by atoms with E-state index >= 15 is 0 Å². The Hall–Kier alpha value is -2.33. The van der Waals surface area contributed by atoms with Gasteiger partial charge in [0.1, 0.15) is 0 Å². The second kappa shape index (κ2) is 7.73. The Balaban J connectivity index is 1.89. The number of benzene rings is 2. The van der Waals surface area contributed by atoms with E-state index in [0.29, 0.717) is 20.5 Å². The molecule has 0 radical (unpaired) electrons. The highest BCUT2D eigenvalue weighted by atomic mass is 79.9. The molecule has 3 rings (SSSR count). The second-order valence-corrected chi connectivity index (χ2v) is 7.10. The summed E-state index contributed by atoms with van der Waals surface area (Å²) in [7, 11) is 1.71. The van der Waals surface area contributed by atoms with Crippen LogP contribution < -0.4 is 5.32 Å². The maximum Gasteiger partial charge on any atom is 0.417 e. The monoisotopic (exact) mass is 456 g/mol. The summed E-state index contributed by atoms with van der Waals surface area (Å²) in [6.07, 6.45) is -4.62. The number of hydrogen-bond acceptors (Lipinski definition) is 4. The first kappa shape index (κ1) is 19.4. The van der Waals surface area contributed by atoms with Crippen LogP contribution in [0.25, 0.3) is 0 Å². The minimum Gasteiger partial charge on any atom is -0.321 e. The smallest absolute Gasteiger partial charge is 0.321 e. The Bertz CT molecular complexity index is 990. The Labute approximate surface area is 165 Å². The van der Waals surface area contributed by atoms with Crippen LogP contribution >= 0.6 is 27.7 Å². The van der Waals surface area contributed by atoms with Crippen LogP contribution in [-0.2, 0) is 13.2 Å². The number of alkyl halides is 3. The van der Waals surface area contributed by atoms with Crippen molar-refractivity contribution in [2.24, 2.45) is 7.05 Å². The lowest BCUT2D eigenvalue weighted by atomic mass is 10.1. The molecular weight excluding hydrogens is 445 g/mol. The molecule has 0 unspecified atom stereocenters. The minimum atomic E-state index is -4.62. The quantitative estimate of drug-likeness (QED) is 0.599. The van der Waals surface area contributed by atoms with Gasteiger partial charge in [-0.3, -0.25) is 4.79 Å². The number of carbonyl (C=O) groups is 1. The third-order valence-electron chi connectivity index (χ3n) is 3.51. The number of anilines is 1. The summed E-state index contributed by atoms with van der Waals surface area (Å²) >= 11 is 4.41. The maximum atomic E-state index is 13.2. The van der Waals surface area contributed by atoms with E-state index in [1.165, 1.54) is 23.9 Å². The summed E-state index contributed by atoms with van der Waals surface area (Å²) in [6, 6.07) is 11.5. The summed E-state index contributed by atoms with van der Waals surface area (Å²) in [4.78, 5) is 17.3. The Morgan fingerprint density at radius 1 is 1.15 bits per heavy atom. The fraction of sp³-hybridized carbons (Fsp3) is 0.118. The Morgan fingerprint density at radius 3 is 2.48 bits per heavy atom. The first-order valence-electron chi connectivity index (χ1n) is 7.56. The van der Waals surface area contributed by atoms with Crippen LogP contribution in [0, 0.1) is 0 Å². The van der Waals surface area contributed by atoms with Gasteiger partial charge in [0.25, 0.3) is 5.91 Å². The largest absolute Gasteiger partial charge is 0.417 e.